The Kier molecular flexibility index (Phi) is 3.63. The first-order valence-electron chi connectivity index (χ1n) is 5.72. The summed E-state index contributed by atoms with van der Waals surface area (Å²) in [5.74, 6) is 0.702. The van der Waals surface area contributed by atoms with Gasteiger partial charge < -0.3 is 10.1 Å². The van der Waals surface area contributed by atoms with Crippen LogP contribution in [0.3, 0.4) is 0 Å². The van der Waals surface area contributed by atoms with E-state index in [2.05, 4.69) is 5.32 Å². The number of methoxy groups -OCH3 is 1. The summed E-state index contributed by atoms with van der Waals surface area (Å²) in [6.07, 6.45) is 0. The van der Waals surface area contributed by atoms with Crippen LogP contribution in [0.4, 0.5) is 5.69 Å². The summed E-state index contributed by atoms with van der Waals surface area (Å²) in [6.45, 7) is 1.50. The van der Waals surface area contributed by atoms with Crippen LogP contribution in [0.15, 0.2) is 48.5 Å². The fourth-order valence-corrected chi connectivity index (χ4v) is 1.88. The van der Waals surface area contributed by atoms with Gasteiger partial charge in [-0.3, -0.25) is 4.79 Å². The molecule has 3 nitrogen and oxygen atoms in total. The zero-order chi connectivity index (χ0) is 13.0. The number of rotatable bonds is 3. The second-order valence-corrected chi connectivity index (χ2v) is 3.93. The van der Waals surface area contributed by atoms with E-state index in [1.54, 1.807) is 7.11 Å². The molecule has 3 heteroatoms. The number of amides is 1. The highest BCUT2D eigenvalue weighted by atomic mass is 16.5. The molecule has 0 radical (unpaired) electrons. The zero-order valence-electron chi connectivity index (χ0n) is 10.4. The van der Waals surface area contributed by atoms with Crippen LogP contribution in [0.25, 0.3) is 11.1 Å². The van der Waals surface area contributed by atoms with E-state index in [4.69, 9.17) is 4.74 Å². The molecule has 0 fully saturated rings. The van der Waals surface area contributed by atoms with Crippen LogP contribution < -0.4 is 10.1 Å². The van der Waals surface area contributed by atoms with E-state index in [1.165, 1.54) is 6.92 Å². The van der Waals surface area contributed by atoms with Gasteiger partial charge in [0, 0.05) is 23.7 Å². The van der Waals surface area contributed by atoms with Crippen molar-refractivity contribution in [1.82, 2.24) is 0 Å². The monoisotopic (exact) mass is 241 g/mol. The van der Waals surface area contributed by atoms with Gasteiger partial charge in [-0.05, 0) is 12.1 Å². The van der Waals surface area contributed by atoms with Gasteiger partial charge >= 0.3 is 0 Å². The lowest BCUT2D eigenvalue weighted by atomic mass is 10.0. The number of para-hydroxylation sites is 2. The molecule has 1 N–H and O–H groups in total. The highest BCUT2D eigenvalue weighted by Gasteiger charge is 2.09. The molecule has 0 unspecified atom stereocenters. The van der Waals surface area contributed by atoms with E-state index >= 15 is 0 Å². The van der Waals surface area contributed by atoms with Gasteiger partial charge in [-0.15, -0.1) is 0 Å². The number of carbonyl (C=O) groups is 1. The molecule has 0 bridgehead atoms. The number of carbonyl (C=O) groups excluding carboxylic acids is 1. The van der Waals surface area contributed by atoms with Gasteiger partial charge in [0.1, 0.15) is 5.75 Å². The molecule has 0 atom stereocenters. The predicted octanol–water partition coefficient (Wildman–Crippen LogP) is 3.32. The highest BCUT2D eigenvalue weighted by molar-refractivity contribution is 5.94. The summed E-state index contributed by atoms with van der Waals surface area (Å²) in [5.41, 5.74) is 2.70. The van der Waals surface area contributed by atoms with E-state index < -0.39 is 0 Å². The molecular formula is C15H15NO2. The quantitative estimate of drug-likeness (QED) is 0.895. The molecule has 0 aliphatic rings. The Hall–Kier alpha value is -2.29. The fourth-order valence-electron chi connectivity index (χ4n) is 1.88. The Bertz CT molecular complexity index is 564. The lowest BCUT2D eigenvalue weighted by molar-refractivity contribution is -0.114. The van der Waals surface area contributed by atoms with Gasteiger partial charge in [0.15, 0.2) is 0 Å². The molecule has 2 rings (SSSR count). The van der Waals surface area contributed by atoms with E-state index in [-0.39, 0.29) is 5.91 Å². The average molecular weight is 241 g/mol. The molecule has 2 aromatic carbocycles. The van der Waals surface area contributed by atoms with Crippen molar-refractivity contribution in [3.05, 3.63) is 48.5 Å². The van der Waals surface area contributed by atoms with Crippen molar-refractivity contribution in [3.8, 4) is 16.9 Å². The van der Waals surface area contributed by atoms with Gasteiger partial charge in [-0.2, -0.15) is 0 Å². The van der Waals surface area contributed by atoms with Crippen molar-refractivity contribution in [2.45, 2.75) is 6.92 Å². The molecule has 0 saturated heterocycles. The molecule has 0 aliphatic carbocycles. The summed E-state index contributed by atoms with van der Waals surface area (Å²) >= 11 is 0. The lowest BCUT2D eigenvalue weighted by Crippen LogP contribution is -2.06. The molecule has 1 amide bonds. The summed E-state index contributed by atoms with van der Waals surface area (Å²) in [5, 5.41) is 2.83. The predicted molar refractivity (Wildman–Crippen MR) is 72.7 cm³/mol. The summed E-state index contributed by atoms with van der Waals surface area (Å²) < 4.78 is 5.35. The maximum atomic E-state index is 11.2. The van der Waals surface area contributed by atoms with Crippen molar-refractivity contribution in [2.75, 3.05) is 12.4 Å². The van der Waals surface area contributed by atoms with Gasteiger partial charge in [0.05, 0.1) is 7.11 Å². The molecule has 2 aromatic rings. The Morgan fingerprint density at radius 2 is 1.61 bits per heavy atom. The van der Waals surface area contributed by atoms with Gasteiger partial charge in [0.25, 0.3) is 0 Å². The highest BCUT2D eigenvalue weighted by Crippen LogP contribution is 2.34. The smallest absolute Gasteiger partial charge is 0.221 e. The van der Waals surface area contributed by atoms with Crippen LogP contribution in [-0.2, 0) is 4.79 Å². The first-order valence-corrected chi connectivity index (χ1v) is 5.72. The largest absolute Gasteiger partial charge is 0.496 e. The molecule has 0 saturated carbocycles. The van der Waals surface area contributed by atoms with E-state index in [0.29, 0.717) is 0 Å². The molecule has 0 heterocycles. The van der Waals surface area contributed by atoms with E-state index in [0.717, 1.165) is 22.6 Å². The SMILES string of the molecule is COc1ccccc1-c1ccccc1NC(C)=O. The maximum Gasteiger partial charge on any atom is 0.221 e. The number of nitrogens with one attached hydrogen (secondary N) is 1. The number of hydrogen-bond acceptors (Lipinski definition) is 2. The van der Waals surface area contributed by atoms with Gasteiger partial charge in [-0.1, -0.05) is 36.4 Å². The van der Waals surface area contributed by atoms with Crippen LogP contribution in [-0.4, -0.2) is 13.0 Å². The first kappa shape index (κ1) is 12.2. The molecule has 0 spiro atoms. The average Bonchev–Trinajstić information content (AvgIpc) is 2.39. The van der Waals surface area contributed by atoms with Crippen LogP contribution in [0, 0.1) is 0 Å². The molecular weight excluding hydrogens is 226 g/mol. The second-order valence-electron chi connectivity index (χ2n) is 3.93. The summed E-state index contributed by atoms with van der Waals surface area (Å²) in [7, 11) is 1.64. The Labute approximate surface area is 106 Å². The molecule has 92 valence electrons. The first-order chi connectivity index (χ1) is 8.72. The van der Waals surface area contributed by atoms with Crippen LogP contribution >= 0.6 is 0 Å². The minimum Gasteiger partial charge on any atom is -0.496 e. The van der Waals surface area contributed by atoms with Crippen molar-refractivity contribution >= 4 is 11.6 Å². The Balaban J connectivity index is 2.53. The number of anilines is 1. The normalized spacial score (nSPS) is 9.89. The third kappa shape index (κ3) is 2.51. The molecule has 0 aliphatic heterocycles. The van der Waals surface area contributed by atoms with Crippen molar-refractivity contribution in [1.29, 1.82) is 0 Å². The summed E-state index contributed by atoms with van der Waals surface area (Å²) in [4.78, 5) is 11.2. The van der Waals surface area contributed by atoms with Crippen molar-refractivity contribution in [2.24, 2.45) is 0 Å². The molecule has 18 heavy (non-hydrogen) atoms. The van der Waals surface area contributed by atoms with E-state index in [9.17, 15) is 4.79 Å². The number of ether oxygens (including phenoxy) is 1. The standard InChI is InChI=1S/C15H15NO2/c1-11(17)16-14-9-5-3-7-12(14)13-8-4-6-10-15(13)18-2/h3-10H,1-2H3,(H,16,17). The fraction of sp³-hybridized carbons (Fsp3) is 0.133. The topological polar surface area (TPSA) is 38.3 Å². The van der Waals surface area contributed by atoms with Crippen LogP contribution in [0.1, 0.15) is 6.92 Å². The van der Waals surface area contributed by atoms with Crippen molar-refractivity contribution in [3.63, 3.8) is 0 Å². The Morgan fingerprint density at radius 3 is 2.28 bits per heavy atom. The maximum absolute atomic E-state index is 11.2. The van der Waals surface area contributed by atoms with Crippen LogP contribution in [0.5, 0.6) is 5.75 Å². The summed E-state index contributed by atoms with van der Waals surface area (Å²) in [6, 6.07) is 15.4. The minimum absolute atomic E-state index is 0.0858. The number of benzene rings is 2. The zero-order valence-corrected chi connectivity index (χ0v) is 10.4. The van der Waals surface area contributed by atoms with Gasteiger partial charge in [0.2, 0.25) is 5.91 Å². The minimum atomic E-state index is -0.0858. The lowest BCUT2D eigenvalue weighted by Gasteiger charge is -2.13. The second kappa shape index (κ2) is 5.36. The van der Waals surface area contributed by atoms with E-state index in [1.807, 2.05) is 48.5 Å². The third-order valence-electron chi connectivity index (χ3n) is 2.63. The number of hydrogen-bond donors (Lipinski definition) is 1. The molecule has 0 aromatic heterocycles. The van der Waals surface area contributed by atoms with Gasteiger partial charge in [-0.25, -0.2) is 0 Å². The van der Waals surface area contributed by atoms with Crippen molar-refractivity contribution < 1.29 is 9.53 Å². The Morgan fingerprint density at radius 1 is 1.00 bits per heavy atom. The van der Waals surface area contributed by atoms with Crippen LogP contribution in [0.2, 0.25) is 0 Å². The third-order valence-corrected chi connectivity index (χ3v) is 2.63.